The third-order valence-electron chi connectivity index (χ3n) is 8.65. The summed E-state index contributed by atoms with van der Waals surface area (Å²) in [6, 6.07) is 5.14. The van der Waals surface area contributed by atoms with E-state index < -0.39 is 71.4 Å². The highest BCUT2D eigenvalue weighted by molar-refractivity contribution is 6.32. The third kappa shape index (κ3) is 7.29. The lowest BCUT2D eigenvalue weighted by molar-refractivity contribution is -0.143. The fourth-order valence-electron chi connectivity index (χ4n) is 6.54. The molecule has 46 heavy (non-hydrogen) atoms. The number of aromatic hydroxyl groups is 1. The zero-order valence-electron chi connectivity index (χ0n) is 25.1. The van der Waals surface area contributed by atoms with Crippen LogP contribution < -0.4 is 4.90 Å². The molecule has 0 saturated carbocycles. The Morgan fingerprint density at radius 1 is 1.00 bits per heavy atom. The Morgan fingerprint density at radius 3 is 2.15 bits per heavy atom. The van der Waals surface area contributed by atoms with E-state index >= 15 is 0 Å². The number of hydrogen-bond acceptors (Lipinski definition) is 5. The number of aliphatic hydroxyl groups is 2. The predicted octanol–water partition coefficient (Wildman–Crippen LogP) is 7.93. The number of phenols is 1. The normalized spacial score (nSPS) is 21.7. The number of amides is 2. The summed E-state index contributed by atoms with van der Waals surface area (Å²) < 4.78 is 81.4. The number of phenolic OH excluding ortho intramolecular Hbond substituents is 1. The number of hydrogen-bond donors (Lipinski definition) is 3. The lowest BCUT2D eigenvalue weighted by Gasteiger charge is -2.36. The first-order valence-corrected chi connectivity index (χ1v) is 15.2. The van der Waals surface area contributed by atoms with Gasteiger partial charge in [-0.1, -0.05) is 49.1 Å². The molecule has 1 aliphatic carbocycles. The molecular weight excluding hydrogens is 640 g/mol. The molecule has 2 amide bonds. The van der Waals surface area contributed by atoms with Crippen LogP contribution in [0.25, 0.3) is 6.08 Å². The number of halogens is 7. The van der Waals surface area contributed by atoms with E-state index in [9.17, 15) is 51.3 Å². The molecular formula is C33H34ClF6NO5. The highest BCUT2D eigenvalue weighted by atomic mass is 35.5. The summed E-state index contributed by atoms with van der Waals surface area (Å²) in [5, 5.41) is 31.9. The van der Waals surface area contributed by atoms with Crippen molar-refractivity contribution in [2.75, 3.05) is 11.5 Å². The van der Waals surface area contributed by atoms with Gasteiger partial charge in [-0.3, -0.25) is 9.59 Å². The monoisotopic (exact) mass is 673 g/mol. The molecule has 1 saturated heterocycles. The number of aliphatic hydroxyl groups excluding tert-OH is 2. The fourth-order valence-corrected chi connectivity index (χ4v) is 6.77. The van der Waals surface area contributed by atoms with Gasteiger partial charge in [0.25, 0.3) is 0 Å². The van der Waals surface area contributed by atoms with Crippen LogP contribution in [0, 0.1) is 17.8 Å². The molecule has 2 aliphatic rings. The predicted molar refractivity (Wildman–Crippen MR) is 160 cm³/mol. The topological polar surface area (TPSA) is 98.1 Å². The second kappa shape index (κ2) is 13.8. The van der Waals surface area contributed by atoms with Crippen molar-refractivity contribution in [3.63, 3.8) is 0 Å². The molecule has 1 heterocycles. The van der Waals surface area contributed by atoms with E-state index in [0.717, 1.165) is 12.0 Å². The van der Waals surface area contributed by atoms with Gasteiger partial charge in [-0.05, 0) is 79.6 Å². The molecule has 3 N–H and O–H groups in total. The summed E-state index contributed by atoms with van der Waals surface area (Å²) in [4.78, 5) is 27.6. The highest BCUT2D eigenvalue weighted by Crippen LogP contribution is 2.49. The van der Waals surface area contributed by atoms with Crippen LogP contribution in [0.2, 0.25) is 5.02 Å². The van der Waals surface area contributed by atoms with Crippen molar-refractivity contribution in [1.29, 1.82) is 0 Å². The Balaban J connectivity index is 1.66. The Bertz CT molecular complexity index is 1520. The molecule has 250 valence electrons. The fraction of sp³-hybridized carbons (Fsp3) is 0.455. The van der Waals surface area contributed by atoms with Gasteiger partial charge in [0.1, 0.15) is 5.75 Å². The number of alkyl halides is 6. The average Bonchev–Trinajstić information content (AvgIpc) is 3.23. The molecule has 0 spiro atoms. The van der Waals surface area contributed by atoms with Gasteiger partial charge >= 0.3 is 12.4 Å². The second-order valence-electron chi connectivity index (χ2n) is 11.6. The minimum absolute atomic E-state index is 0.00616. The zero-order chi connectivity index (χ0) is 34.1. The number of anilines is 1. The minimum Gasteiger partial charge on any atom is -0.508 e. The maximum absolute atomic E-state index is 13.7. The van der Waals surface area contributed by atoms with Gasteiger partial charge in [-0.25, -0.2) is 4.90 Å². The molecule has 2 aromatic rings. The molecule has 1 fully saturated rings. The molecule has 0 radical (unpaired) electrons. The number of fused-ring (bicyclic) bond motifs is 1. The van der Waals surface area contributed by atoms with Gasteiger partial charge < -0.3 is 15.3 Å². The van der Waals surface area contributed by atoms with Crippen molar-refractivity contribution in [3.05, 3.63) is 74.8 Å². The molecule has 1 aliphatic heterocycles. The molecule has 0 aromatic heterocycles. The van der Waals surface area contributed by atoms with Crippen LogP contribution >= 0.6 is 11.6 Å². The second-order valence-corrected chi connectivity index (χ2v) is 12.0. The number of rotatable bonds is 10. The summed E-state index contributed by atoms with van der Waals surface area (Å²) in [5.41, 5.74) is -1.64. The van der Waals surface area contributed by atoms with Gasteiger partial charge in [0.05, 0.1) is 46.4 Å². The first kappa shape index (κ1) is 35.5. The lowest BCUT2D eigenvalue weighted by Crippen LogP contribution is -2.39. The number of nitrogens with zero attached hydrogens (tertiary/aromatic N) is 1. The Hall–Kier alpha value is -3.35. The first-order valence-electron chi connectivity index (χ1n) is 14.9. The summed E-state index contributed by atoms with van der Waals surface area (Å²) in [6.07, 6.45) is -7.39. The van der Waals surface area contributed by atoms with Crippen LogP contribution in [0.3, 0.4) is 0 Å². The minimum atomic E-state index is -5.19. The molecule has 0 unspecified atom stereocenters. The number of benzene rings is 2. The van der Waals surface area contributed by atoms with E-state index in [1.807, 2.05) is 13.0 Å². The summed E-state index contributed by atoms with van der Waals surface area (Å²) in [6.45, 7) is 3.05. The van der Waals surface area contributed by atoms with E-state index in [-0.39, 0.29) is 24.7 Å². The Morgan fingerprint density at radius 2 is 1.63 bits per heavy atom. The van der Waals surface area contributed by atoms with E-state index in [1.54, 1.807) is 13.0 Å². The van der Waals surface area contributed by atoms with E-state index in [4.69, 9.17) is 11.6 Å². The third-order valence-corrected chi connectivity index (χ3v) is 8.98. The molecule has 4 atom stereocenters. The van der Waals surface area contributed by atoms with Crippen molar-refractivity contribution in [1.82, 2.24) is 0 Å². The van der Waals surface area contributed by atoms with Gasteiger partial charge in [-0.15, -0.1) is 0 Å². The average molecular weight is 674 g/mol. The maximum atomic E-state index is 13.7. The van der Waals surface area contributed by atoms with E-state index in [2.05, 4.69) is 0 Å². The molecule has 4 rings (SSSR count). The first-order chi connectivity index (χ1) is 21.5. The van der Waals surface area contributed by atoms with Crippen LogP contribution in [0.4, 0.5) is 32.0 Å². The maximum Gasteiger partial charge on any atom is 0.416 e. The quantitative estimate of drug-likeness (QED) is 0.135. The van der Waals surface area contributed by atoms with Crippen LogP contribution in [-0.2, 0) is 21.9 Å². The Labute approximate surface area is 267 Å². The van der Waals surface area contributed by atoms with Crippen molar-refractivity contribution < 1.29 is 51.3 Å². The number of allylic oxidation sites excluding steroid dienone is 2. The van der Waals surface area contributed by atoms with Gasteiger partial charge in [0, 0.05) is 5.92 Å². The largest absolute Gasteiger partial charge is 0.508 e. The SMILES string of the molecule is CCC/C(=C\c1ccc(O)cc1Cl)CC[C@@H](O)C1=C(CC)C[C@H]2C(=O)N(c3cc(C(F)(F)F)cc(C(F)(F)F)c3)C(=O)[C@H]2[C@H]1CO. The van der Waals surface area contributed by atoms with Crippen LogP contribution in [0.5, 0.6) is 5.75 Å². The van der Waals surface area contributed by atoms with Crippen molar-refractivity contribution in [3.8, 4) is 5.75 Å². The summed E-state index contributed by atoms with van der Waals surface area (Å²) in [5.74, 6) is -5.49. The molecule has 13 heteroatoms. The number of carbonyl (C=O) groups is 2. The molecule has 0 bridgehead atoms. The standard InChI is InChI=1S/C33H34ClF6NO5/c1-3-5-17(10-19-7-8-23(43)15-26(19)34)6-9-27(44)28-18(4-2)11-24-29(25(28)16-42)31(46)41(30(24)45)22-13-20(32(35,36)37)12-21(14-22)33(38,39)40/h7-8,10,12-15,24-25,27,29,42-44H,3-6,9,11,16H2,1-2H3/b17-10+/t24-,25+,27-,29-/m1/s1. The van der Waals surface area contributed by atoms with Crippen molar-refractivity contribution >= 4 is 35.2 Å². The van der Waals surface area contributed by atoms with Crippen molar-refractivity contribution in [2.24, 2.45) is 17.8 Å². The summed E-state index contributed by atoms with van der Waals surface area (Å²) in [7, 11) is 0. The van der Waals surface area contributed by atoms with Gasteiger partial charge in [-0.2, -0.15) is 26.3 Å². The number of carbonyl (C=O) groups excluding carboxylic acids is 2. The van der Waals surface area contributed by atoms with Crippen molar-refractivity contribution in [2.45, 2.75) is 70.8 Å². The van der Waals surface area contributed by atoms with E-state index in [1.165, 1.54) is 12.1 Å². The smallest absolute Gasteiger partial charge is 0.416 e. The zero-order valence-corrected chi connectivity index (χ0v) is 25.8. The van der Waals surface area contributed by atoms with Crippen LogP contribution in [0.15, 0.2) is 53.1 Å². The number of imide groups is 1. The van der Waals surface area contributed by atoms with Gasteiger partial charge in [0.15, 0.2) is 0 Å². The highest BCUT2D eigenvalue weighted by Gasteiger charge is 2.55. The summed E-state index contributed by atoms with van der Waals surface area (Å²) >= 11 is 6.26. The van der Waals surface area contributed by atoms with E-state index in [0.29, 0.717) is 58.0 Å². The lowest BCUT2D eigenvalue weighted by atomic mass is 9.67. The Kier molecular flexibility index (Phi) is 10.6. The van der Waals surface area contributed by atoms with Crippen LogP contribution in [-0.4, -0.2) is 39.8 Å². The molecule has 2 aromatic carbocycles. The van der Waals surface area contributed by atoms with Gasteiger partial charge in [0.2, 0.25) is 11.8 Å². The van der Waals surface area contributed by atoms with Crippen LogP contribution in [0.1, 0.15) is 69.1 Å². The molecule has 6 nitrogen and oxygen atoms in total.